The SMILES string of the molecule is CSCCS(=O)(=O)F. The third kappa shape index (κ3) is 6.23. The van der Waals surface area contributed by atoms with E-state index in [0.29, 0.717) is 5.75 Å². The van der Waals surface area contributed by atoms with Crippen molar-refractivity contribution in [1.82, 2.24) is 0 Å². The Bertz CT molecular complexity index is 139. The number of hydrogen-bond acceptors (Lipinski definition) is 3. The van der Waals surface area contributed by atoms with Gasteiger partial charge in [-0.25, -0.2) is 0 Å². The molecule has 0 amide bonds. The van der Waals surface area contributed by atoms with Crippen molar-refractivity contribution in [3.63, 3.8) is 0 Å². The third-order valence-electron chi connectivity index (χ3n) is 0.531. The molecule has 0 unspecified atom stereocenters. The fraction of sp³-hybridized carbons (Fsp3) is 1.00. The van der Waals surface area contributed by atoms with Crippen LogP contribution in [0.15, 0.2) is 0 Å². The first-order chi connectivity index (χ1) is 3.56. The first kappa shape index (κ1) is 8.23. The molecule has 0 radical (unpaired) electrons. The second kappa shape index (κ2) is 3.29. The standard InChI is InChI=1S/C3H7FO2S2/c1-7-2-3-8(4,5)6/h2-3H2,1H3. The molecule has 0 N–H and O–H groups in total. The van der Waals surface area contributed by atoms with Gasteiger partial charge in [0.15, 0.2) is 0 Å². The van der Waals surface area contributed by atoms with E-state index in [2.05, 4.69) is 0 Å². The van der Waals surface area contributed by atoms with Crippen LogP contribution < -0.4 is 0 Å². The highest BCUT2D eigenvalue weighted by molar-refractivity contribution is 7.99. The van der Waals surface area contributed by atoms with E-state index in [0.717, 1.165) is 0 Å². The molecule has 0 rings (SSSR count). The predicted octanol–water partition coefficient (Wildman–Crippen LogP) is 0.649. The van der Waals surface area contributed by atoms with E-state index in [1.54, 1.807) is 6.26 Å². The van der Waals surface area contributed by atoms with Crippen LogP contribution in [-0.2, 0) is 10.2 Å². The summed E-state index contributed by atoms with van der Waals surface area (Å²) in [7, 11) is -4.21. The minimum atomic E-state index is -4.21. The zero-order valence-corrected chi connectivity index (χ0v) is 6.06. The number of halogens is 1. The summed E-state index contributed by atoms with van der Waals surface area (Å²) in [5.74, 6) is -0.0347. The number of hydrogen-bond donors (Lipinski definition) is 0. The van der Waals surface area contributed by atoms with Crippen LogP contribution in [0.4, 0.5) is 3.89 Å². The van der Waals surface area contributed by atoms with Gasteiger partial charge in [0.2, 0.25) is 0 Å². The summed E-state index contributed by atoms with van der Waals surface area (Å²) in [4.78, 5) is 0. The highest BCUT2D eigenvalue weighted by Crippen LogP contribution is 1.96. The van der Waals surface area contributed by atoms with Crippen molar-refractivity contribution < 1.29 is 12.3 Å². The van der Waals surface area contributed by atoms with Crippen LogP contribution in [0, 0.1) is 0 Å². The van der Waals surface area contributed by atoms with Gasteiger partial charge in [-0.05, 0) is 6.26 Å². The molecule has 0 saturated heterocycles. The second-order valence-electron chi connectivity index (χ2n) is 1.24. The monoisotopic (exact) mass is 158 g/mol. The molecule has 2 nitrogen and oxygen atoms in total. The molecule has 0 bridgehead atoms. The lowest BCUT2D eigenvalue weighted by Crippen LogP contribution is -1.99. The lowest BCUT2D eigenvalue weighted by molar-refractivity contribution is 0.554. The van der Waals surface area contributed by atoms with Crippen LogP contribution in [0.3, 0.4) is 0 Å². The van der Waals surface area contributed by atoms with E-state index in [4.69, 9.17) is 0 Å². The van der Waals surface area contributed by atoms with Gasteiger partial charge < -0.3 is 0 Å². The zero-order chi connectivity index (χ0) is 6.62. The van der Waals surface area contributed by atoms with Crippen LogP contribution in [-0.4, -0.2) is 26.2 Å². The summed E-state index contributed by atoms with van der Waals surface area (Å²) in [5, 5.41) is 0. The average molecular weight is 158 g/mol. The zero-order valence-electron chi connectivity index (χ0n) is 4.43. The molecule has 0 saturated carbocycles. The van der Waals surface area contributed by atoms with Crippen molar-refractivity contribution in [2.24, 2.45) is 0 Å². The minimum Gasteiger partial charge on any atom is -0.195 e. The van der Waals surface area contributed by atoms with E-state index in [-0.39, 0.29) is 5.75 Å². The highest BCUT2D eigenvalue weighted by atomic mass is 32.3. The molecule has 5 heteroatoms. The van der Waals surface area contributed by atoms with E-state index in [9.17, 15) is 12.3 Å². The van der Waals surface area contributed by atoms with Crippen molar-refractivity contribution in [3.8, 4) is 0 Å². The quantitative estimate of drug-likeness (QED) is 0.565. The lowest BCUT2D eigenvalue weighted by Gasteiger charge is -1.87. The fourth-order valence-electron chi connectivity index (χ4n) is 0.183. The maximum atomic E-state index is 11.5. The molecule has 0 aliphatic carbocycles. The van der Waals surface area contributed by atoms with Gasteiger partial charge in [-0.2, -0.15) is 20.2 Å². The van der Waals surface area contributed by atoms with E-state index < -0.39 is 10.2 Å². The summed E-state index contributed by atoms with van der Waals surface area (Å²) in [5.41, 5.74) is 0. The molecule has 0 aromatic heterocycles. The van der Waals surface area contributed by atoms with Crippen LogP contribution in [0.1, 0.15) is 0 Å². The summed E-state index contributed by atoms with van der Waals surface area (Å²) >= 11 is 1.31. The van der Waals surface area contributed by atoms with E-state index >= 15 is 0 Å². The number of thioether (sulfide) groups is 1. The molecule has 8 heavy (non-hydrogen) atoms. The Kier molecular flexibility index (Phi) is 3.39. The van der Waals surface area contributed by atoms with Gasteiger partial charge in [0, 0.05) is 5.75 Å². The van der Waals surface area contributed by atoms with Gasteiger partial charge >= 0.3 is 10.2 Å². The summed E-state index contributed by atoms with van der Waals surface area (Å²) in [6.07, 6.45) is 1.73. The summed E-state index contributed by atoms with van der Waals surface area (Å²) in [6, 6.07) is 0. The Morgan fingerprint density at radius 3 is 2.25 bits per heavy atom. The molecule has 0 atom stereocenters. The molecule has 0 aliphatic rings. The predicted molar refractivity (Wildman–Crippen MR) is 33.3 cm³/mol. The lowest BCUT2D eigenvalue weighted by atomic mass is 11.0. The Morgan fingerprint density at radius 2 is 2.12 bits per heavy atom. The first-order valence-corrected chi connectivity index (χ1v) is 4.92. The largest absolute Gasteiger partial charge is 0.303 e. The van der Waals surface area contributed by atoms with Gasteiger partial charge in [-0.3, -0.25) is 0 Å². The molecule has 0 aliphatic heterocycles. The van der Waals surface area contributed by atoms with Gasteiger partial charge in [-0.1, -0.05) is 0 Å². The highest BCUT2D eigenvalue weighted by Gasteiger charge is 2.03. The Hall–Kier alpha value is 0.230. The fourth-order valence-corrected chi connectivity index (χ4v) is 1.65. The van der Waals surface area contributed by atoms with Gasteiger partial charge in [0.1, 0.15) is 0 Å². The molecular weight excluding hydrogens is 151 g/mol. The van der Waals surface area contributed by atoms with Gasteiger partial charge in [0.05, 0.1) is 5.75 Å². The summed E-state index contributed by atoms with van der Waals surface area (Å²) < 4.78 is 31.0. The van der Waals surface area contributed by atoms with Crippen LogP contribution in [0.25, 0.3) is 0 Å². The first-order valence-electron chi connectivity index (χ1n) is 1.97. The minimum absolute atomic E-state index is 0.332. The van der Waals surface area contributed by atoms with Crippen LogP contribution in [0.2, 0.25) is 0 Å². The van der Waals surface area contributed by atoms with Crippen molar-refractivity contribution in [1.29, 1.82) is 0 Å². The van der Waals surface area contributed by atoms with Gasteiger partial charge in [-0.15, -0.1) is 3.89 Å². The maximum Gasteiger partial charge on any atom is 0.303 e. The van der Waals surface area contributed by atoms with Crippen molar-refractivity contribution in [3.05, 3.63) is 0 Å². The Morgan fingerprint density at radius 1 is 1.62 bits per heavy atom. The van der Waals surface area contributed by atoms with E-state index in [1.807, 2.05) is 0 Å². The summed E-state index contributed by atoms with van der Waals surface area (Å²) in [6.45, 7) is 0. The van der Waals surface area contributed by atoms with Crippen molar-refractivity contribution in [2.75, 3.05) is 17.8 Å². The molecule has 0 heterocycles. The smallest absolute Gasteiger partial charge is 0.195 e. The molecule has 0 fully saturated rings. The Labute approximate surface area is 52.7 Å². The maximum absolute atomic E-state index is 11.5. The normalized spacial score (nSPS) is 11.8. The molecule has 0 spiro atoms. The van der Waals surface area contributed by atoms with Crippen molar-refractivity contribution in [2.45, 2.75) is 0 Å². The molecule has 0 aromatic carbocycles. The Balaban J connectivity index is 3.42. The second-order valence-corrected chi connectivity index (χ2v) is 3.71. The number of rotatable bonds is 3. The molecule has 50 valence electrons. The molecular formula is C3H7FO2S2. The molecule has 0 aromatic rings. The van der Waals surface area contributed by atoms with Gasteiger partial charge in [0.25, 0.3) is 0 Å². The van der Waals surface area contributed by atoms with Crippen LogP contribution in [0.5, 0.6) is 0 Å². The average Bonchev–Trinajstić information content (AvgIpc) is 1.59. The van der Waals surface area contributed by atoms with Crippen LogP contribution >= 0.6 is 11.8 Å². The van der Waals surface area contributed by atoms with E-state index in [1.165, 1.54) is 11.8 Å². The topological polar surface area (TPSA) is 34.1 Å². The van der Waals surface area contributed by atoms with Crippen molar-refractivity contribution >= 4 is 22.0 Å². The third-order valence-corrected chi connectivity index (χ3v) is 2.09.